The quantitative estimate of drug-likeness (QED) is 0.777. The molecule has 118 valence electrons. The van der Waals surface area contributed by atoms with Crippen molar-refractivity contribution >= 4 is 21.6 Å². The molecule has 1 saturated heterocycles. The Morgan fingerprint density at radius 3 is 2.14 bits per heavy atom. The molecule has 1 heterocycles. The number of rotatable bonds is 5. The van der Waals surface area contributed by atoms with E-state index in [-0.39, 0.29) is 0 Å². The van der Waals surface area contributed by atoms with Crippen LogP contribution in [0.15, 0.2) is 29.2 Å². The van der Waals surface area contributed by atoms with E-state index in [9.17, 15) is 8.42 Å². The van der Waals surface area contributed by atoms with E-state index in [1.807, 2.05) is 12.1 Å². The van der Waals surface area contributed by atoms with Crippen LogP contribution in [0.5, 0.6) is 0 Å². The van der Waals surface area contributed by atoms with Crippen LogP contribution in [-0.2, 0) is 16.4 Å². The first-order valence-corrected chi connectivity index (χ1v) is 9.31. The van der Waals surface area contributed by atoms with Crippen molar-refractivity contribution < 1.29 is 8.42 Å². The van der Waals surface area contributed by atoms with Gasteiger partial charge in [0, 0.05) is 38.1 Å². The molecule has 21 heavy (non-hydrogen) atoms. The number of nitrogens with zero attached hydrogens (tertiary/aromatic N) is 2. The van der Waals surface area contributed by atoms with Crippen molar-refractivity contribution in [3.8, 4) is 0 Å². The van der Waals surface area contributed by atoms with E-state index in [0.717, 1.165) is 25.1 Å². The first kappa shape index (κ1) is 16.7. The minimum atomic E-state index is -3.37. The molecule has 0 unspecified atom stereocenters. The maximum Gasteiger partial charge on any atom is 0.243 e. The molecule has 1 fully saturated rings. The van der Waals surface area contributed by atoms with Gasteiger partial charge in [-0.1, -0.05) is 12.1 Å². The first-order valence-electron chi connectivity index (χ1n) is 7.34. The van der Waals surface area contributed by atoms with Crippen molar-refractivity contribution in [2.45, 2.75) is 31.2 Å². The van der Waals surface area contributed by atoms with Gasteiger partial charge in [-0.05, 0) is 38.0 Å². The molecule has 1 aromatic carbocycles. The van der Waals surface area contributed by atoms with Crippen LogP contribution in [0, 0.1) is 0 Å². The summed E-state index contributed by atoms with van der Waals surface area (Å²) in [5, 5.41) is 0. The van der Waals surface area contributed by atoms with E-state index >= 15 is 0 Å². The van der Waals surface area contributed by atoms with Crippen LogP contribution in [0.1, 0.15) is 19.4 Å². The van der Waals surface area contributed by atoms with Gasteiger partial charge in [0.15, 0.2) is 0 Å². The molecule has 0 aromatic heterocycles. The number of piperazine rings is 1. The van der Waals surface area contributed by atoms with Gasteiger partial charge in [-0.25, -0.2) is 8.42 Å². The molecular formula is C15H23ClN2O2S. The first-order chi connectivity index (χ1) is 9.95. The lowest BCUT2D eigenvalue weighted by Gasteiger charge is -2.36. The molecule has 0 spiro atoms. The Kier molecular flexibility index (Phi) is 5.66. The number of hydrogen-bond donors (Lipinski definition) is 0. The Morgan fingerprint density at radius 1 is 1.10 bits per heavy atom. The SMILES string of the molecule is CC(C)N1CCN(S(=O)(=O)c2ccc(CCCl)cc2)CC1. The zero-order chi connectivity index (χ0) is 15.5. The number of sulfonamides is 1. The second-order valence-corrected chi connectivity index (χ2v) is 7.93. The number of alkyl halides is 1. The highest BCUT2D eigenvalue weighted by Gasteiger charge is 2.28. The fourth-order valence-corrected chi connectivity index (χ4v) is 4.19. The molecule has 2 rings (SSSR count). The highest BCUT2D eigenvalue weighted by molar-refractivity contribution is 7.89. The molecule has 0 atom stereocenters. The molecule has 0 N–H and O–H groups in total. The van der Waals surface area contributed by atoms with E-state index in [2.05, 4.69) is 18.7 Å². The Balaban J connectivity index is 2.08. The number of halogens is 1. The molecule has 0 saturated carbocycles. The predicted octanol–water partition coefficient (Wildman–Crippen LogP) is 2.18. The van der Waals surface area contributed by atoms with Crippen molar-refractivity contribution in [1.29, 1.82) is 0 Å². The van der Waals surface area contributed by atoms with Crippen molar-refractivity contribution in [1.82, 2.24) is 9.21 Å². The van der Waals surface area contributed by atoms with E-state index in [1.54, 1.807) is 16.4 Å². The van der Waals surface area contributed by atoms with Crippen molar-refractivity contribution in [2.24, 2.45) is 0 Å². The molecule has 1 aliphatic rings. The maximum absolute atomic E-state index is 12.6. The Labute approximate surface area is 132 Å². The summed E-state index contributed by atoms with van der Waals surface area (Å²) in [7, 11) is -3.37. The summed E-state index contributed by atoms with van der Waals surface area (Å²) in [6.07, 6.45) is 0.759. The van der Waals surface area contributed by atoms with Gasteiger partial charge in [0.05, 0.1) is 4.90 Å². The molecule has 1 aromatic rings. The highest BCUT2D eigenvalue weighted by Crippen LogP contribution is 2.19. The van der Waals surface area contributed by atoms with Crippen LogP contribution in [-0.4, -0.2) is 55.7 Å². The Bertz CT molecular complexity index is 550. The largest absolute Gasteiger partial charge is 0.298 e. The van der Waals surface area contributed by atoms with Crippen LogP contribution >= 0.6 is 11.6 Å². The molecule has 1 aliphatic heterocycles. The third-order valence-corrected chi connectivity index (χ3v) is 6.05. The lowest BCUT2D eigenvalue weighted by molar-refractivity contribution is 0.154. The summed E-state index contributed by atoms with van der Waals surface area (Å²) in [5.74, 6) is 0.545. The predicted molar refractivity (Wildman–Crippen MR) is 86.3 cm³/mol. The normalized spacial score (nSPS) is 18.3. The molecule has 0 bridgehead atoms. The molecule has 6 heteroatoms. The van der Waals surface area contributed by atoms with Gasteiger partial charge in [-0.2, -0.15) is 4.31 Å². The zero-order valence-corrected chi connectivity index (χ0v) is 14.2. The lowest BCUT2D eigenvalue weighted by Crippen LogP contribution is -2.50. The van der Waals surface area contributed by atoms with Gasteiger partial charge in [-0.3, -0.25) is 4.90 Å². The van der Waals surface area contributed by atoms with E-state index < -0.39 is 10.0 Å². The van der Waals surface area contributed by atoms with Gasteiger partial charge in [0.25, 0.3) is 0 Å². The van der Waals surface area contributed by atoms with Crippen molar-refractivity contribution in [3.05, 3.63) is 29.8 Å². The van der Waals surface area contributed by atoms with Gasteiger partial charge in [0.1, 0.15) is 0 Å². The minimum absolute atomic E-state index is 0.374. The molecule has 4 nitrogen and oxygen atoms in total. The summed E-state index contributed by atoms with van der Waals surface area (Å²) in [6.45, 7) is 6.98. The van der Waals surface area contributed by atoms with Gasteiger partial charge < -0.3 is 0 Å². The summed E-state index contributed by atoms with van der Waals surface area (Å²) < 4.78 is 26.8. The summed E-state index contributed by atoms with van der Waals surface area (Å²) in [6, 6.07) is 7.53. The summed E-state index contributed by atoms with van der Waals surface area (Å²) in [4.78, 5) is 2.68. The Morgan fingerprint density at radius 2 is 1.67 bits per heavy atom. The number of benzene rings is 1. The third-order valence-electron chi connectivity index (χ3n) is 3.95. The topological polar surface area (TPSA) is 40.6 Å². The van der Waals surface area contributed by atoms with Crippen LogP contribution < -0.4 is 0 Å². The van der Waals surface area contributed by atoms with Gasteiger partial charge in [-0.15, -0.1) is 11.6 Å². The molecule has 0 radical (unpaired) electrons. The van der Waals surface area contributed by atoms with Crippen LogP contribution in [0.2, 0.25) is 0 Å². The zero-order valence-electron chi connectivity index (χ0n) is 12.6. The monoisotopic (exact) mass is 330 g/mol. The van der Waals surface area contributed by atoms with E-state index in [4.69, 9.17) is 11.6 Å². The summed E-state index contributed by atoms with van der Waals surface area (Å²) >= 11 is 5.70. The second kappa shape index (κ2) is 7.09. The van der Waals surface area contributed by atoms with Crippen molar-refractivity contribution in [2.75, 3.05) is 32.1 Å². The minimum Gasteiger partial charge on any atom is -0.298 e. The summed E-state index contributed by atoms with van der Waals surface area (Å²) in [5.41, 5.74) is 1.06. The van der Waals surface area contributed by atoms with Gasteiger partial charge in [0.2, 0.25) is 10.0 Å². The average molecular weight is 331 g/mol. The fraction of sp³-hybridized carbons (Fsp3) is 0.600. The molecule has 0 amide bonds. The lowest BCUT2D eigenvalue weighted by atomic mass is 10.2. The molecule has 0 aliphatic carbocycles. The van der Waals surface area contributed by atoms with Crippen LogP contribution in [0.4, 0.5) is 0 Å². The maximum atomic E-state index is 12.6. The highest BCUT2D eigenvalue weighted by atomic mass is 35.5. The second-order valence-electron chi connectivity index (χ2n) is 5.62. The molecular weight excluding hydrogens is 308 g/mol. The Hall–Kier alpha value is -0.620. The smallest absolute Gasteiger partial charge is 0.243 e. The standard InChI is InChI=1S/C15H23ClN2O2S/c1-13(2)17-9-11-18(12-10-17)21(19,20)15-5-3-14(4-6-15)7-8-16/h3-6,13H,7-12H2,1-2H3. The average Bonchev–Trinajstić information content (AvgIpc) is 2.48. The third kappa shape index (κ3) is 3.97. The fourth-order valence-electron chi connectivity index (χ4n) is 2.55. The van der Waals surface area contributed by atoms with Crippen LogP contribution in [0.3, 0.4) is 0 Å². The number of aryl methyl sites for hydroxylation is 1. The van der Waals surface area contributed by atoms with Gasteiger partial charge >= 0.3 is 0 Å². The number of hydrogen-bond acceptors (Lipinski definition) is 3. The van der Waals surface area contributed by atoms with E-state index in [1.165, 1.54) is 0 Å². The van der Waals surface area contributed by atoms with Crippen LogP contribution in [0.25, 0.3) is 0 Å². The van der Waals surface area contributed by atoms with E-state index in [0.29, 0.717) is 29.9 Å². The van der Waals surface area contributed by atoms with Crippen molar-refractivity contribution in [3.63, 3.8) is 0 Å².